The van der Waals surface area contributed by atoms with Crippen molar-refractivity contribution in [3.8, 4) is 0 Å². The van der Waals surface area contributed by atoms with E-state index in [0.717, 1.165) is 0 Å². The van der Waals surface area contributed by atoms with E-state index in [4.69, 9.17) is 16.7 Å². The van der Waals surface area contributed by atoms with Gasteiger partial charge in [-0.15, -0.1) is 0 Å². The number of carboxylic acids is 1. The fourth-order valence-corrected chi connectivity index (χ4v) is 2.14. The molecule has 0 heterocycles. The average molecular weight is 307 g/mol. The zero-order chi connectivity index (χ0) is 15.6. The van der Waals surface area contributed by atoms with Crippen molar-refractivity contribution < 1.29 is 14.8 Å². The SMILES string of the molecule is Cc1cccc([N+](=O)[O-])c1Nc1ccc(C(=O)O)c(Cl)c1. The predicted octanol–water partition coefficient (Wildman–Crippen LogP) is 4.00. The molecule has 0 aliphatic carbocycles. The molecule has 108 valence electrons. The van der Waals surface area contributed by atoms with Crippen LogP contribution in [0.4, 0.5) is 17.1 Å². The lowest BCUT2D eigenvalue weighted by Crippen LogP contribution is -2.01. The van der Waals surface area contributed by atoms with Crippen molar-refractivity contribution in [3.63, 3.8) is 0 Å². The molecule has 0 atom stereocenters. The van der Waals surface area contributed by atoms with Crippen LogP contribution < -0.4 is 5.32 Å². The van der Waals surface area contributed by atoms with Gasteiger partial charge in [0.2, 0.25) is 0 Å². The van der Waals surface area contributed by atoms with E-state index in [1.54, 1.807) is 19.1 Å². The number of anilines is 2. The summed E-state index contributed by atoms with van der Waals surface area (Å²) in [6.07, 6.45) is 0. The number of para-hydroxylation sites is 1. The van der Waals surface area contributed by atoms with Crippen molar-refractivity contribution in [2.24, 2.45) is 0 Å². The molecule has 0 saturated heterocycles. The standard InChI is InChI=1S/C14H11ClN2O4/c1-8-3-2-4-12(17(20)21)13(8)16-9-5-6-10(14(18)19)11(15)7-9/h2-7,16H,1H3,(H,18,19). The summed E-state index contributed by atoms with van der Waals surface area (Å²) in [7, 11) is 0. The van der Waals surface area contributed by atoms with E-state index >= 15 is 0 Å². The number of aryl methyl sites for hydroxylation is 1. The van der Waals surface area contributed by atoms with E-state index in [2.05, 4.69) is 5.32 Å². The molecule has 0 bridgehead atoms. The normalized spacial score (nSPS) is 10.2. The summed E-state index contributed by atoms with van der Waals surface area (Å²) in [5.74, 6) is -1.13. The van der Waals surface area contributed by atoms with Crippen LogP contribution in [0.1, 0.15) is 15.9 Å². The monoisotopic (exact) mass is 306 g/mol. The number of benzene rings is 2. The molecule has 2 rings (SSSR count). The van der Waals surface area contributed by atoms with Crippen LogP contribution in [0.5, 0.6) is 0 Å². The second kappa shape index (κ2) is 5.80. The molecule has 2 aromatic carbocycles. The first kappa shape index (κ1) is 14.8. The molecule has 7 heteroatoms. The number of hydrogen-bond acceptors (Lipinski definition) is 4. The molecule has 2 N–H and O–H groups in total. The van der Waals surface area contributed by atoms with Crippen LogP contribution in [-0.2, 0) is 0 Å². The first-order valence-electron chi connectivity index (χ1n) is 5.94. The Labute approximate surface area is 125 Å². The van der Waals surface area contributed by atoms with Crippen molar-refractivity contribution in [1.29, 1.82) is 0 Å². The number of nitrogens with one attached hydrogen (secondary N) is 1. The Morgan fingerprint density at radius 2 is 2.05 bits per heavy atom. The fraction of sp³-hybridized carbons (Fsp3) is 0.0714. The van der Waals surface area contributed by atoms with Crippen molar-refractivity contribution in [1.82, 2.24) is 0 Å². The molecular formula is C14H11ClN2O4. The van der Waals surface area contributed by atoms with Crippen LogP contribution in [0.2, 0.25) is 5.02 Å². The molecule has 0 radical (unpaired) electrons. The summed E-state index contributed by atoms with van der Waals surface area (Å²) in [5, 5.41) is 22.9. The van der Waals surface area contributed by atoms with Crippen molar-refractivity contribution >= 4 is 34.6 Å². The second-order valence-corrected chi connectivity index (χ2v) is 4.76. The highest BCUT2D eigenvalue weighted by atomic mass is 35.5. The zero-order valence-electron chi connectivity index (χ0n) is 11.0. The van der Waals surface area contributed by atoms with Gasteiger partial charge in [-0.2, -0.15) is 0 Å². The van der Waals surface area contributed by atoms with Gasteiger partial charge in [0.05, 0.1) is 15.5 Å². The number of rotatable bonds is 4. The summed E-state index contributed by atoms with van der Waals surface area (Å²) in [5.41, 5.74) is 1.43. The summed E-state index contributed by atoms with van der Waals surface area (Å²) < 4.78 is 0. The Morgan fingerprint density at radius 3 is 2.62 bits per heavy atom. The third-order valence-corrected chi connectivity index (χ3v) is 3.23. The lowest BCUT2D eigenvalue weighted by Gasteiger charge is -2.11. The third-order valence-electron chi connectivity index (χ3n) is 2.92. The largest absolute Gasteiger partial charge is 0.478 e. The van der Waals surface area contributed by atoms with Gasteiger partial charge in [0, 0.05) is 11.8 Å². The van der Waals surface area contributed by atoms with Crippen molar-refractivity contribution in [2.75, 3.05) is 5.32 Å². The summed E-state index contributed by atoms with van der Waals surface area (Å²) in [6, 6.07) is 8.99. The molecule has 0 saturated carbocycles. The Hall–Kier alpha value is -2.60. The number of hydrogen-bond donors (Lipinski definition) is 2. The third kappa shape index (κ3) is 3.11. The smallest absolute Gasteiger partial charge is 0.337 e. The van der Waals surface area contributed by atoms with Crippen molar-refractivity contribution in [3.05, 3.63) is 62.7 Å². The number of halogens is 1. The van der Waals surface area contributed by atoms with Crippen LogP contribution in [0.25, 0.3) is 0 Å². The van der Waals surface area contributed by atoms with E-state index in [1.807, 2.05) is 0 Å². The highest BCUT2D eigenvalue weighted by molar-refractivity contribution is 6.33. The van der Waals surface area contributed by atoms with E-state index in [9.17, 15) is 14.9 Å². The van der Waals surface area contributed by atoms with Gasteiger partial charge < -0.3 is 10.4 Å². The van der Waals surface area contributed by atoms with Crippen LogP contribution in [0.3, 0.4) is 0 Å². The highest BCUT2D eigenvalue weighted by Gasteiger charge is 2.16. The van der Waals surface area contributed by atoms with Gasteiger partial charge in [-0.3, -0.25) is 10.1 Å². The molecule has 2 aromatic rings. The van der Waals surface area contributed by atoms with E-state index in [0.29, 0.717) is 16.9 Å². The van der Waals surface area contributed by atoms with Gasteiger partial charge in [-0.05, 0) is 30.7 Å². The van der Waals surface area contributed by atoms with Gasteiger partial charge in [0.15, 0.2) is 0 Å². The highest BCUT2D eigenvalue weighted by Crippen LogP contribution is 2.32. The van der Waals surface area contributed by atoms with Crippen molar-refractivity contribution in [2.45, 2.75) is 6.92 Å². The lowest BCUT2D eigenvalue weighted by molar-refractivity contribution is -0.384. The van der Waals surface area contributed by atoms with E-state index in [-0.39, 0.29) is 16.3 Å². The minimum Gasteiger partial charge on any atom is -0.478 e. The Balaban J connectivity index is 2.41. The molecule has 0 aliphatic rings. The first-order chi connectivity index (χ1) is 9.90. The molecule has 0 amide bonds. The number of nitro benzene ring substituents is 1. The fourth-order valence-electron chi connectivity index (χ4n) is 1.88. The maximum atomic E-state index is 11.0. The number of carboxylic acid groups (broad SMARTS) is 1. The van der Waals surface area contributed by atoms with Gasteiger partial charge in [0.25, 0.3) is 5.69 Å². The van der Waals surface area contributed by atoms with Gasteiger partial charge in [0.1, 0.15) is 5.69 Å². The van der Waals surface area contributed by atoms with E-state index in [1.165, 1.54) is 24.3 Å². The van der Waals surface area contributed by atoms with Gasteiger partial charge >= 0.3 is 5.97 Å². The van der Waals surface area contributed by atoms with Gasteiger partial charge in [-0.1, -0.05) is 23.7 Å². The quantitative estimate of drug-likeness (QED) is 0.658. The maximum Gasteiger partial charge on any atom is 0.337 e. The Kier molecular flexibility index (Phi) is 4.09. The molecular weight excluding hydrogens is 296 g/mol. The lowest BCUT2D eigenvalue weighted by atomic mass is 10.1. The molecule has 0 fully saturated rings. The minimum absolute atomic E-state index is 0.0264. The summed E-state index contributed by atoms with van der Waals surface area (Å²) in [4.78, 5) is 21.4. The Morgan fingerprint density at radius 1 is 1.33 bits per heavy atom. The van der Waals surface area contributed by atoms with Crippen LogP contribution in [0, 0.1) is 17.0 Å². The zero-order valence-corrected chi connectivity index (χ0v) is 11.7. The molecule has 0 aliphatic heterocycles. The summed E-state index contributed by atoms with van der Waals surface area (Å²) in [6.45, 7) is 1.74. The minimum atomic E-state index is -1.13. The predicted molar refractivity (Wildman–Crippen MR) is 79.5 cm³/mol. The molecule has 0 spiro atoms. The first-order valence-corrected chi connectivity index (χ1v) is 6.32. The summed E-state index contributed by atoms with van der Waals surface area (Å²) >= 11 is 5.88. The molecule has 0 aromatic heterocycles. The maximum absolute atomic E-state index is 11.0. The van der Waals surface area contributed by atoms with Crippen LogP contribution in [0.15, 0.2) is 36.4 Å². The number of carbonyl (C=O) groups is 1. The number of nitro groups is 1. The number of nitrogens with zero attached hydrogens (tertiary/aromatic N) is 1. The van der Waals surface area contributed by atoms with Gasteiger partial charge in [-0.25, -0.2) is 4.79 Å². The molecule has 21 heavy (non-hydrogen) atoms. The Bertz CT molecular complexity index is 731. The topological polar surface area (TPSA) is 92.5 Å². The van der Waals surface area contributed by atoms with Crippen LogP contribution in [-0.4, -0.2) is 16.0 Å². The van der Waals surface area contributed by atoms with Crippen LogP contribution >= 0.6 is 11.6 Å². The molecule has 6 nitrogen and oxygen atoms in total. The second-order valence-electron chi connectivity index (χ2n) is 4.35. The molecule has 0 unspecified atom stereocenters. The number of aromatic carboxylic acids is 1. The average Bonchev–Trinajstić information content (AvgIpc) is 2.40. The van der Waals surface area contributed by atoms with E-state index < -0.39 is 10.9 Å².